The van der Waals surface area contributed by atoms with Gasteiger partial charge in [0.2, 0.25) is 0 Å². The Hall–Kier alpha value is -0.650. The average molecular weight is 300 g/mol. The molecule has 0 saturated carbocycles. The van der Waals surface area contributed by atoms with Crippen molar-refractivity contribution in [3.8, 4) is 0 Å². The second kappa shape index (κ2) is 7.07. The predicted molar refractivity (Wildman–Crippen MR) is 84.4 cm³/mol. The van der Waals surface area contributed by atoms with Crippen LogP contribution < -0.4 is 5.32 Å². The van der Waals surface area contributed by atoms with Crippen LogP contribution in [0.3, 0.4) is 0 Å². The highest BCUT2D eigenvalue weighted by Gasteiger charge is 2.40. The van der Waals surface area contributed by atoms with E-state index in [1.807, 2.05) is 27.7 Å². The lowest BCUT2D eigenvalue weighted by molar-refractivity contribution is -0.157. The summed E-state index contributed by atoms with van der Waals surface area (Å²) in [4.78, 5) is 14.7. The molecule has 1 aliphatic rings. The number of hydrogen-bond acceptors (Lipinski definition) is 5. The Morgan fingerprint density at radius 1 is 1.52 bits per heavy atom. The van der Waals surface area contributed by atoms with Gasteiger partial charge in [0.25, 0.3) is 0 Å². The Bertz CT molecular complexity index is 357. The van der Waals surface area contributed by atoms with E-state index >= 15 is 0 Å². The van der Waals surface area contributed by atoms with E-state index in [0.29, 0.717) is 13.2 Å². The summed E-state index contributed by atoms with van der Waals surface area (Å²) in [6.45, 7) is 16.8. The Morgan fingerprint density at radius 3 is 2.62 bits per heavy atom. The lowest BCUT2D eigenvalue weighted by Gasteiger charge is -2.45. The van der Waals surface area contributed by atoms with Gasteiger partial charge in [-0.1, -0.05) is 0 Å². The van der Waals surface area contributed by atoms with Gasteiger partial charge < -0.3 is 9.47 Å². The van der Waals surface area contributed by atoms with E-state index in [0.717, 1.165) is 13.1 Å². The van der Waals surface area contributed by atoms with Gasteiger partial charge in [0.15, 0.2) is 0 Å². The van der Waals surface area contributed by atoms with Crippen molar-refractivity contribution in [2.75, 3.05) is 26.2 Å². The van der Waals surface area contributed by atoms with Gasteiger partial charge in [0, 0.05) is 25.7 Å². The van der Waals surface area contributed by atoms with Crippen molar-refractivity contribution in [2.24, 2.45) is 0 Å². The normalized spacial score (nSPS) is 25.6. The van der Waals surface area contributed by atoms with Crippen molar-refractivity contribution in [3.63, 3.8) is 0 Å². The molecule has 1 N–H and O–H groups in total. The van der Waals surface area contributed by atoms with Crippen molar-refractivity contribution >= 4 is 5.97 Å². The number of ether oxygens (including phenoxy) is 2. The molecule has 1 aliphatic heterocycles. The number of rotatable bonds is 6. The molecule has 124 valence electrons. The number of carbonyl (C=O) groups excluding carboxylic acids is 1. The number of esters is 1. The third-order valence-electron chi connectivity index (χ3n) is 3.51. The fourth-order valence-electron chi connectivity index (χ4n) is 3.25. The smallest absolute Gasteiger partial charge is 0.327 e. The van der Waals surface area contributed by atoms with Gasteiger partial charge in [0.05, 0.1) is 18.3 Å². The number of hydrogen-bond donors (Lipinski definition) is 1. The maximum atomic E-state index is 12.4. The lowest BCUT2D eigenvalue weighted by Crippen LogP contribution is -2.63. The maximum absolute atomic E-state index is 12.4. The molecule has 0 spiro atoms. The SMILES string of the molecule is CCOC(=O)C(C)(CN1CC(C)OC(C)(C)C1)NC(C)C. The molecule has 0 aromatic carbocycles. The molecule has 21 heavy (non-hydrogen) atoms. The largest absolute Gasteiger partial charge is 0.465 e. The van der Waals surface area contributed by atoms with E-state index in [2.05, 4.69) is 31.0 Å². The van der Waals surface area contributed by atoms with Gasteiger partial charge in [-0.15, -0.1) is 0 Å². The first-order valence-corrected chi connectivity index (χ1v) is 7.93. The minimum absolute atomic E-state index is 0.166. The maximum Gasteiger partial charge on any atom is 0.327 e. The second-order valence-corrected chi connectivity index (χ2v) is 7.21. The van der Waals surface area contributed by atoms with Gasteiger partial charge >= 0.3 is 5.97 Å². The van der Waals surface area contributed by atoms with Crippen LogP contribution in [0, 0.1) is 0 Å². The summed E-state index contributed by atoms with van der Waals surface area (Å²) in [6.07, 6.45) is 0.166. The zero-order chi connectivity index (χ0) is 16.3. The molecule has 1 rings (SSSR count). The summed E-state index contributed by atoms with van der Waals surface area (Å²) in [6, 6.07) is 0.214. The summed E-state index contributed by atoms with van der Waals surface area (Å²) in [5.41, 5.74) is -0.887. The Morgan fingerprint density at radius 2 is 2.14 bits per heavy atom. The first-order valence-electron chi connectivity index (χ1n) is 7.93. The minimum Gasteiger partial charge on any atom is -0.465 e. The van der Waals surface area contributed by atoms with E-state index in [1.54, 1.807) is 0 Å². The second-order valence-electron chi connectivity index (χ2n) is 7.21. The minimum atomic E-state index is -0.697. The molecule has 5 heteroatoms. The standard InChI is InChI=1S/C16H32N2O3/c1-8-20-14(19)16(7,17-12(2)3)11-18-9-13(4)21-15(5,6)10-18/h12-13,17H,8-11H2,1-7H3. The first-order chi connectivity index (χ1) is 9.58. The highest BCUT2D eigenvalue weighted by atomic mass is 16.5. The van der Waals surface area contributed by atoms with Crippen molar-refractivity contribution in [3.05, 3.63) is 0 Å². The molecule has 0 aromatic rings. The molecular weight excluding hydrogens is 268 g/mol. The quantitative estimate of drug-likeness (QED) is 0.758. The number of morpholine rings is 1. The summed E-state index contributed by atoms with van der Waals surface area (Å²) in [5.74, 6) is -0.185. The number of nitrogens with one attached hydrogen (secondary N) is 1. The monoisotopic (exact) mass is 300 g/mol. The van der Waals surface area contributed by atoms with Crippen LogP contribution in [0.5, 0.6) is 0 Å². The van der Waals surface area contributed by atoms with E-state index in [9.17, 15) is 4.79 Å². The molecule has 0 aliphatic carbocycles. The van der Waals surface area contributed by atoms with Crippen LogP contribution in [0.25, 0.3) is 0 Å². The Balaban J connectivity index is 2.82. The molecular formula is C16H32N2O3. The predicted octanol–water partition coefficient (Wildman–Crippen LogP) is 1.81. The molecule has 0 aromatic heterocycles. The third-order valence-corrected chi connectivity index (χ3v) is 3.51. The molecule has 1 heterocycles. The molecule has 0 radical (unpaired) electrons. The molecule has 1 fully saturated rings. The van der Waals surface area contributed by atoms with Crippen LogP contribution in [0.1, 0.15) is 48.5 Å². The van der Waals surface area contributed by atoms with Crippen molar-refractivity contribution < 1.29 is 14.3 Å². The fraction of sp³-hybridized carbons (Fsp3) is 0.938. The van der Waals surface area contributed by atoms with E-state index in [4.69, 9.17) is 9.47 Å². The zero-order valence-electron chi connectivity index (χ0n) is 14.7. The van der Waals surface area contributed by atoms with Gasteiger partial charge in [-0.05, 0) is 48.5 Å². The highest BCUT2D eigenvalue weighted by Crippen LogP contribution is 2.23. The molecule has 5 nitrogen and oxygen atoms in total. The van der Waals surface area contributed by atoms with Gasteiger partial charge in [-0.2, -0.15) is 0 Å². The molecule has 1 saturated heterocycles. The van der Waals surface area contributed by atoms with Gasteiger partial charge in [0.1, 0.15) is 5.54 Å². The van der Waals surface area contributed by atoms with Crippen LogP contribution in [0.2, 0.25) is 0 Å². The number of carbonyl (C=O) groups is 1. The molecule has 2 atom stereocenters. The van der Waals surface area contributed by atoms with Crippen LogP contribution in [-0.2, 0) is 14.3 Å². The Labute approximate surface area is 129 Å². The van der Waals surface area contributed by atoms with Crippen molar-refractivity contribution in [1.29, 1.82) is 0 Å². The molecule has 0 amide bonds. The molecule has 0 bridgehead atoms. The van der Waals surface area contributed by atoms with E-state index in [1.165, 1.54) is 0 Å². The van der Waals surface area contributed by atoms with Gasteiger partial charge in [-0.3, -0.25) is 15.0 Å². The van der Waals surface area contributed by atoms with E-state index in [-0.39, 0.29) is 23.7 Å². The van der Waals surface area contributed by atoms with E-state index < -0.39 is 5.54 Å². The summed E-state index contributed by atoms with van der Waals surface area (Å²) < 4.78 is 11.2. The summed E-state index contributed by atoms with van der Waals surface area (Å²) in [5, 5.41) is 3.37. The summed E-state index contributed by atoms with van der Waals surface area (Å²) >= 11 is 0. The van der Waals surface area contributed by atoms with Crippen LogP contribution in [0.15, 0.2) is 0 Å². The number of nitrogens with zero attached hydrogens (tertiary/aromatic N) is 1. The van der Waals surface area contributed by atoms with Crippen LogP contribution >= 0.6 is 0 Å². The Kier molecular flexibility index (Phi) is 6.20. The van der Waals surface area contributed by atoms with Gasteiger partial charge in [-0.25, -0.2) is 0 Å². The van der Waals surface area contributed by atoms with Crippen LogP contribution in [0.4, 0.5) is 0 Å². The van der Waals surface area contributed by atoms with Crippen molar-refractivity contribution in [2.45, 2.75) is 71.8 Å². The zero-order valence-corrected chi connectivity index (χ0v) is 14.7. The third kappa shape index (κ3) is 5.57. The van der Waals surface area contributed by atoms with Crippen molar-refractivity contribution in [1.82, 2.24) is 10.2 Å². The average Bonchev–Trinajstić information content (AvgIpc) is 2.24. The molecule has 2 unspecified atom stereocenters. The highest BCUT2D eigenvalue weighted by molar-refractivity contribution is 5.80. The fourth-order valence-corrected chi connectivity index (χ4v) is 3.25. The topological polar surface area (TPSA) is 50.8 Å². The first kappa shape index (κ1) is 18.4. The van der Waals surface area contributed by atoms with Crippen LogP contribution in [-0.4, -0.2) is 60.4 Å². The summed E-state index contributed by atoms with van der Waals surface area (Å²) in [7, 11) is 0. The lowest BCUT2D eigenvalue weighted by atomic mass is 9.97.